The maximum absolute atomic E-state index is 11.7. The normalized spacial score (nSPS) is 11.0. The molecule has 4 nitrogen and oxygen atoms in total. The van der Waals surface area contributed by atoms with Crippen molar-refractivity contribution >= 4 is 27.7 Å². The first-order valence-electron chi connectivity index (χ1n) is 4.33. The molecule has 0 bridgehead atoms. The second-order valence-electron chi connectivity index (χ2n) is 2.89. The minimum absolute atomic E-state index is 0.00478. The summed E-state index contributed by atoms with van der Waals surface area (Å²) >= 11 is 2.92. The number of benzene rings is 1. The molecule has 1 rings (SSSR count). The molecule has 0 aliphatic heterocycles. The summed E-state index contributed by atoms with van der Waals surface area (Å²) in [4.78, 5) is 22.0. The van der Waals surface area contributed by atoms with Crippen molar-refractivity contribution < 1.29 is 19.4 Å². The fraction of sp³-hybridized carbons (Fsp3) is 0.0909. The van der Waals surface area contributed by atoms with E-state index >= 15 is 0 Å². The molecular formula is C11H9BrO4. The first kappa shape index (κ1) is 12.4. The third-order valence-electron chi connectivity index (χ3n) is 1.82. The molecule has 0 unspecified atom stereocenters. The van der Waals surface area contributed by atoms with Crippen LogP contribution in [0.1, 0.15) is 10.4 Å². The minimum atomic E-state index is -1.17. The molecule has 0 saturated heterocycles. The van der Waals surface area contributed by atoms with Gasteiger partial charge in [0.05, 0.1) is 11.6 Å². The molecular weight excluding hydrogens is 276 g/mol. The highest BCUT2D eigenvalue weighted by atomic mass is 79.9. The predicted octanol–water partition coefficient (Wildman–Crippen LogP) is 2.24. The van der Waals surface area contributed by atoms with Gasteiger partial charge in [-0.1, -0.05) is 0 Å². The van der Waals surface area contributed by atoms with Crippen LogP contribution in [0.3, 0.4) is 0 Å². The second kappa shape index (κ2) is 5.46. The lowest BCUT2D eigenvalue weighted by Gasteiger charge is -2.01. The number of Topliss-reactive ketones (excluding diaryl/α,β-unsaturated/α-hetero) is 1. The predicted molar refractivity (Wildman–Crippen MR) is 62.0 cm³/mol. The van der Waals surface area contributed by atoms with Crippen LogP contribution in [0.2, 0.25) is 0 Å². The number of hydrogen-bond acceptors (Lipinski definition) is 3. The van der Waals surface area contributed by atoms with Crippen LogP contribution in [0.5, 0.6) is 5.75 Å². The van der Waals surface area contributed by atoms with E-state index < -0.39 is 5.97 Å². The molecule has 84 valence electrons. The fourth-order valence-electron chi connectivity index (χ4n) is 1.05. The number of halogens is 1. The maximum Gasteiger partial charge on any atom is 0.329 e. The van der Waals surface area contributed by atoms with E-state index in [9.17, 15) is 9.59 Å². The van der Waals surface area contributed by atoms with Gasteiger partial charge in [0.2, 0.25) is 0 Å². The van der Waals surface area contributed by atoms with Crippen molar-refractivity contribution in [3.63, 3.8) is 0 Å². The summed E-state index contributed by atoms with van der Waals surface area (Å²) < 4.78 is 4.95. The SMILES string of the molecule is COc1ccc(C(=O)C(Br)=CC(=O)O)cc1. The topological polar surface area (TPSA) is 63.6 Å². The Morgan fingerprint density at radius 1 is 1.31 bits per heavy atom. The van der Waals surface area contributed by atoms with E-state index in [-0.39, 0.29) is 10.3 Å². The number of carbonyl (C=O) groups excluding carboxylic acids is 1. The smallest absolute Gasteiger partial charge is 0.329 e. The molecule has 0 spiro atoms. The van der Waals surface area contributed by atoms with Gasteiger partial charge < -0.3 is 9.84 Å². The van der Waals surface area contributed by atoms with Crippen molar-refractivity contribution in [3.8, 4) is 5.75 Å². The average molecular weight is 285 g/mol. The third kappa shape index (κ3) is 3.20. The lowest BCUT2D eigenvalue weighted by molar-refractivity contribution is -0.131. The summed E-state index contributed by atoms with van der Waals surface area (Å²) in [5, 5.41) is 8.48. The Labute approximate surface area is 101 Å². The molecule has 0 heterocycles. The summed E-state index contributed by atoms with van der Waals surface area (Å²) in [6.45, 7) is 0. The standard InChI is InChI=1S/C11H9BrO4/c1-16-8-4-2-7(3-5-8)11(15)9(12)6-10(13)14/h2-6H,1H3,(H,13,14). The van der Waals surface area contributed by atoms with E-state index in [4.69, 9.17) is 9.84 Å². The van der Waals surface area contributed by atoms with Gasteiger partial charge in [-0.25, -0.2) is 4.79 Å². The highest BCUT2D eigenvalue weighted by Crippen LogP contribution is 2.17. The Morgan fingerprint density at radius 2 is 1.88 bits per heavy atom. The number of carboxylic acids is 1. The van der Waals surface area contributed by atoms with E-state index in [1.165, 1.54) is 7.11 Å². The molecule has 0 amide bonds. The lowest BCUT2D eigenvalue weighted by atomic mass is 10.1. The summed E-state index contributed by atoms with van der Waals surface area (Å²) in [5.41, 5.74) is 0.394. The van der Waals surface area contributed by atoms with Gasteiger partial charge in [0.1, 0.15) is 5.75 Å². The van der Waals surface area contributed by atoms with E-state index in [2.05, 4.69) is 15.9 Å². The zero-order valence-corrected chi connectivity index (χ0v) is 10.0. The molecule has 0 aliphatic rings. The molecule has 0 radical (unpaired) electrons. The Hall–Kier alpha value is -1.62. The fourth-order valence-corrected chi connectivity index (χ4v) is 1.48. The summed E-state index contributed by atoms with van der Waals surface area (Å²) in [7, 11) is 1.52. The van der Waals surface area contributed by atoms with Crippen molar-refractivity contribution in [3.05, 3.63) is 40.4 Å². The Kier molecular flexibility index (Phi) is 4.25. The minimum Gasteiger partial charge on any atom is -0.497 e. The van der Waals surface area contributed by atoms with Crippen LogP contribution in [-0.2, 0) is 4.79 Å². The van der Waals surface area contributed by atoms with Crippen LogP contribution in [-0.4, -0.2) is 24.0 Å². The van der Waals surface area contributed by atoms with Gasteiger partial charge in [0, 0.05) is 11.6 Å². The Balaban J connectivity index is 2.92. The molecule has 0 aromatic heterocycles. The molecule has 0 atom stereocenters. The Bertz CT molecular complexity index is 434. The van der Waals surface area contributed by atoms with Crippen LogP contribution in [0.15, 0.2) is 34.8 Å². The number of allylic oxidation sites excluding steroid dienone is 1. The number of carbonyl (C=O) groups is 2. The van der Waals surface area contributed by atoms with Crippen LogP contribution in [0.4, 0.5) is 0 Å². The van der Waals surface area contributed by atoms with Crippen molar-refractivity contribution in [2.75, 3.05) is 7.11 Å². The van der Waals surface area contributed by atoms with E-state index in [1.807, 2.05) is 0 Å². The number of carboxylic acid groups (broad SMARTS) is 1. The number of ether oxygens (including phenoxy) is 1. The molecule has 0 fully saturated rings. The van der Waals surface area contributed by atoms with Gasteiger partial charge in [-0.3, -0.25) is 4.79 Å². The number of ketones is 1. The highest BCUT2D eigenvalue weighted by Gasteiger charge is 2.10. The summed E-state index contributed by atoms with van der Waals surface area (Å²) in [6.07, 6.45) is 0.812. The quantitative estimate of drug-likeness (QED) is 0.680. The summed E-state index contributed by atoms with van der Waals surface area (Å²) in [6, 6.07) is 6.40. The van der Waals surface area contributed by atoms with E-state index in [0.29, 0.717) is 11.3 Å². The first-order chi connectivity index (χ1) is 7.54. The largest absolute Gasteiger partial charge is 0.497 e. The van der Waals surface area contributed by atoms with E-state index in [0.717, 1.165) is 6.08 Å². The highest BCUT2D eigenvalue weighted by molar-refractivity contribution is 9.12. The third-order valence-corrected chi connectivity index (χ3v) is 2.41. The molecule has 0 saturated carbocycles. The van der Waals surface area contributed by atoms with Crippen LogP contribution < -0.4 is 4.74 Å². The molecule has 16 heavy (non-hydrogen) atoms. The molecule has 1 aromatic carbocycles. The van der Waals surface area contributed by atoms with Gasteiger partial charge in [-0.15, -0.1) is 0 Å². The van der Waals surface area contributed by atoms with Crippen molar-refractivity contribution in [2.24, 2.45) is 0 Å². The van der Waals surface area contributed by atoms with Crippen LogP contribution >= 0.6 is 15.9 Å². The lowest BCUT2D eigenvalue weighted by Crippen LogP contribution is -2.01. The van der Waals surface area contributed by atoms with Crippen molar-refractivity contribution in [1.82, 2.24) is 0 Å². The summed E-state index contributed by atoms with van der Waals surface area (Å²) in [5.74, 6) is -0.923. The molecule has 1 aromatic rings. The average Bonchev–Trinajstić information content (AvgIpc) is 2.27. The number of methoxy groups -OCH3 is 1. The zero-order valence-electron chi connectivity index (χ0n) is 8.44. The van der Waals surface area contributed by atoms with Gasteiger partial charge in [-0.05, 0) is 40.2 Å². The number of rotatable bonds is 4. The van der Waals surface area contributed by atoms with Gasteiger partial charge in [-0.2, -0.15) is 0 Å². The van der Waals surface area contributed by atoms with Crippen molar-refractivity contribution in [2.45, 2.75) is 0 Å². The number of hydrogen-bond donors (Lipinski definition) is 1. The molecule has 1 N–H and O–H groups in total. The van der Waals surface area contributed by atoms with Gasteiger partial charge in [0.15, 0.2) is 5.78 Å². The zero-order chi connectivity index (χ0) is 12.1. The Morgan fingerprint density at radius 3 is 2.31 bits per heavy atom. The van der Waals surface area contributed by atoms with Crippen LogP contribution in [0, 0.1) is 0 Å². The maximum atomic E-state index is 11.7. The van der Waals surface area contributed by atoms with Gasteiger partial charge >= 0.3 is 5.97 Å². The number of aliphatic carboxylic acids is 1. The molecule has 0 aliphatic carbocycles. The second-order valence-corrected chi connectivity index (χ2v) is 3.74. The first-order valence-corrected chi connectivity index (χ1v) is 5.12. The van der Waals surface area contributed by atoms with E-state index in [1.54, 1.807) is 24.3 Å². The molecule has 5 heteroatoms. The van der Waals surface area contributed by atoms with Gasteiger partial charge in [0.25, 0.3) is 0 Å². The van der Waals surface area contributed by atoms with Crippen LogP contribution in [0.25, 0.3) is 0 Å². The monoisotopic (exact) mass is 284 g/mol. The van der Waals surface area contributed by atoms with Crippen molar-refractivity contribution in [1.29, 1.82) is 0 Å².